The number of aromatic nitrogens is 5. The normalized spacial score (nSPS) is 16.1. The summed E-state index contributed by atoms with van der Waals surface area (Å²) >= 11 is 0. The molecular weight excluding hydrogens is 402 g/mol. The molecule has 0 saturated carbocycles. The quantitative estimate of drug-likeness (QED) is 0.621. The molecule has 1 fully saturated rings. The second-order valence-electron chi connectivity index (χ2n) is 6.92. The number of nitrogens with two attached hydrogens (primary N) is 1. The number of piperidine rings is 1. The summed E-state index contributed by atoms with van der Waals surface area (Å²) in [5.74, 6) is 1.18. The first-order valence-electron chi connectivity index (χ1n) is 9.76. The molecule has 0 spiro atoms. The number of nitrogen functional groups attached to an aromatic ring is 1. The Labute approximate surface area is 178 Å². The van der Waals surface area contributed by atoms with Gasteiger partial charge in [0.2, 0.25) is 11.6 Å². The van der Waals surface area contributed by atoms with Gasteiger partial charge >= 0.3 is 0 Å². The molecule has 0 aromatic carbocycles. The molecule has 3 aromatic heterocycles. The van der Waals surface area contributed by atoms with Crippen molar-refractivity contribution < 1.29 is 19.0 Å². The fourth-order valence-electron chi connectivity index (χ4n) is 3.47. The molecule has 1 aliphatic rings. The topological polar surface area (TPSA) is 131 Å². The van der Waals surface area contributed by atoms with Gasteiger partial charge in [-0.3, -0.25) is 4.79 Å². The molecule has 1 aliphatic heterocycles. The fraction of sp³-hybridized carbons (Fsp3) is 0.350. The van der Waals surface area contributed by atoms with Crippen molar-refractivity contribution in [3.05, 3.63) is 42.4 Å². The third kappa shape index (κ3) is 4.20. The lowest BCUT2D eigenvalue weighted by atomic mass is 10.1. The Bertz CT molecular complexity index is 1060. The number of methoxy groups -OCH3 is 2. The smallest absolute Gasteiger partial charge is 0.259 e. The number of rotatable bonds is 6. The number of ether oxygens (including phenoxy) is 3. The molecule has 162 valence electrons. The monoisotopic (exact) mass is 425 g/mol. The maximum atomic E-state index is 13.4. The minimum absolute atomic E-state index is 0.191. The average Bonchev–Trinajstić information content (AvgIpc) is 3.33. The maximum Gasteiger partial charge on any atom is 0.259 e. The molecule has 11 heteroatoms. The molecular formula is C20H23N7O4. The standard InChI is InChI=1S/C20H23N7O4/c1-29-16-6-5-14(18(25-16)27-23-9-10-24-27)20(28)26-11-3-4-13(12-26)31-19-17(30-2)15(21)7-8-22-19/h5-10,13H,3-4,11-12H2,1-2H3,(H2,21,22). The van der Waals surface area contributed by atoms with Gasteiger partial charge in [-0.1, -0.05) is 0 Å². The first kappa shape index (κ1) is 20.4. The molecule has 0 bridgehead atoms. The highest BCUT2D eigenvalue weighted by Gasteiger charge is 2.29. The van der Waals surface area contributed by atoms with Crippen LogP contribution in [0.25, 0.3) is 5.82 Å². The van der Waals surface area contributed by atoms with E-state index in [2.05, 4.69) is 20.2 Å². The Morgan fingerprint density at radius 2 is 1.94 bits per heavy atom. The van der Waals surface area contributed by atoms with Crippen LogP contribution in [0.5, 0.6) is 17.5 Å². The molecule has 1 amide bonds. The lowest BCUT2D eigenvalue weighted by Crippen LogP contribution is -2.44. The molecule has 1 saturated heterocycles. The molecule has 2 N–H and O–H groups in total. The zero-order chi connectivity index (χ0) is 21.8. The van der Waals surface area contributed by atoms with Gasteiger partial charge < -0.3 is 24.8 Å². The molecule has 31 heavy (non-hydrogen) atoms. The zero-order valence-electron chi connectivity index (χ0n) is 17.3. The van der Waals surface area contributed by atoms with Crippen molar-refractivity contribution in [2.24, 2.45) is 0 Å². The maximum absolute atomic E-state index is 13.4. The van der Waals surface area contributed by atoms with Gasteiger partial charge in [-0.05, 0) is 25.0 Å². The molecule has 11 nitrogen and oxygen atoms in total. The van der Waals surface area contributed by atoms with Crippen LogP contribution < -0.4 is 19.9 Å². The molecule has 0 radical (unpaired) electrons. The number of hydrogen-bond acceptors (Lipinski definition) is 9. The number of amides is 1. The molecule has 4 heterocycles. The summed E-state index contributed by atoms with van der Waals surface area (Å²) in [6.45, 7) is 0.981. The lowest BCUT2D eigenvalue weighted by molar-refractivity contribution is 0.0520. The van der Waals surface area contributed by atoms with E-state index in [4.69, 9.17) is 19.9 Å². The lowest BCUT2D eigenvalue weighted by Gasteiger charge is -2.33. The summed E-state index contributed by atoms with van der Waals surface area (Å²) in [6, 6.07) is 4.95. The minimum Gasteiger partial charge on any atom is -0.490 e. The van der Waals surface area contributed by atoms with Crippen LogP contribution in [-0.4, -0.2) is 69.2 Å². The van der Waals surface area contributed by atoms with Crippen molar-refractivity contribution >= 4 is 11.6 Å². The predicted octanol–water partition coefficient (Wildman–Crippen LogP) is 1.34. The van der Waals surface area contributed by atoms with Crippen LogP contribution >= 0.6 is 0 Å². The number of anilines is 1. The Morgan fingerprint density at radius 3 is 2.68 bits per heavy atom. The van der Waals surface area contributed by atoms with E-state index in [1.54, 1.807) is 29.3 Å². The predicted molar refractivity (Wildman–Crippen MR) is 110 cm³/mol. The number of hydrogen-bond donors (Lipinski definition) is 1. The largest absolute Gasteiger partial charge is 0.490 e. The first-order chi connectivity index (χ1) is 15.1. The number of likely N-dealkylation sites (tertiary alicyclic amines) is 1. The highest BCUT2D eigenvalue weighted by molar-refractivity contribution is 5.97. The highest BCUT2D eigenvalue weighted by atomic mass is 16.5. The fourth-order valence-corrected chi connectivity index (χ4v) is 3.47. The summed E-state index contributed by atoms with van der Waals surface area (Å²) in [4.78, 5) is 25.0. The minimum atomic E-state index is -0.251. The van der Waals surface area contributed by atoms with Crippen LogP contribution in [0, 0.1) is 0 Å². The van der Waals surface area contributed by atoms with Crippen molar-refractivity contribution in [3.8, 4) is 23.3 Å². The molecule has 3 aromatic rings. The number of carbonyl (C=O) groups is 1. The Balaban J connectivity index is 1.56. The van der Waals surface area contributed by atoms with Crippen molar-refractivity contribution in [3.63, 3.8) is 0 Å². The van der Waals surface area contributed by atoms with Gasteiger partial charge in [0, 0.05) is 18.8 Å². The zero-order valence-corrected chi connectivity index (χ0v) is 17.3. The summed E-state index contributed by atoms with van der Waals surface area (Å²) < 4.78 is 16.5. The van der Waals surface area contributed by atoms with E-state index in [1.165, 1.54) is 31.4 Å². The Kier molecular flexibility index (Phi) is 5.83. The van der Waals surface area contributed by atoms with Gasteiger partial charge in [-0.15, -0.1) is 4.80 Å². The van der Waals surface area contributed by atoms with Crippen molar-refractivity contribution in [2.75, 3.05) is 33.0 Å². The van der Waals surface area contributed by atoms with E-state index in [-0.39, 0.29) is 12.0 Å². The summed E-state index contributed by atoms with van der Waals surface area (Å²) in [5, 5.41) is 8.21. The van der Waals surface area contributed by atoms with Crippen LogP contribution in [0.3, 0.4) is 0 Å². The second-order valence-corrected chi connectivity index (χ2v) is 6.92. The summed E-state index contributed by atoms with van der Waals surface area (Å²) in [5.41, 5.74) is 6.75. The number of pyridine rings is 2. The van der Waals surface area contributed by atoms with Gasteiger partial charge in [0.25, 0.3) is 11.8 Å². The van der Waals surface area contributed by atoms with Gasteiger partial charge in [-0.2, -0.15) is 15.2 Å². The summed E-state index contributed by atoms with van der Waals surface area (Å²) in [6.07, 6.45) is 5.90. The van der Waals surface area contributed by atoms with Crippen LogP contribution in [0.1, 0.15) is 23.2 Å². The van der Waals surface area contributed by atoms with E-state index in [1.807, 2.05) is 0 Å². The number of nitrogens with zero attached hydrogens (tertiary/aromatic N) is 6. The third-order valence-corrected chi connectivity index (χ3v) is 4.95. The number of carbonyl (C=O) groups excluding carboxylic acids is 1. The molecule has 1 unspecified atom stereocenters. The Morgan fingerprint density at radius 1 is 1.13 bits per heavy atom. The molecule has 1 atom stereocenters. The van der Waals surface area contributed by atoms with Gasteiger partial charge in [-0.25, -0.2) is 4.98 Å². The van der Waals surface area contributed by atoms with E-state index >= 15 is 0 Å². The van der Waals surface area contributed by atoms with E-state index in [0.29, 0.717) is 47.7 Å². The molecule has 0 aliphatic carbocycles. The van der Waals surface area contributed by atoms with E-state index < -0.39 is 0 Å². The summed E-state index contributed by atoms with van der Waals surface area (Å²) in [7, 11) is 3.02. The van der Waals surface area contributed by atoms with Gasteiger partial charge in [0.1, 0.15) is 6.10 Å². The van der Waals surface area contributed by atoms with Crippen LogP contribution in [0.2, 0.25) is 0 Å². The SMILES string of the molecule is COc1ccc(C(=O)N2CCCC(Oc3nccc(N)c3OC)C2)c(-n2nccn2)n1. The first-order valence-corrected chi connectivity index (χ1v) is 9.76. The van der Waals surface area contributed by atoms with Crippen molar-refractivity contribution in [2.45, 2.75) is 18.9 Å². The Hall–Kier alpha value is -3.89. The van der Waals surface area contributed by atoms with E-state index in [0.717, 1.165) is 12.8 Å². The third-order valence-electron chi connectivity index (χ3n) is 4.95. The van der Waals surface area contributed by atoms with E-state index in [9.17, 15) is 4.79 Å². The van der Waals surface area contributed by atoms with Crippen LogP contribution in [-0.2, 0) is 0 Å². The van der Waals surface area contributed by atoms with Crippen LogP contribution in [0.15, 0.2) is 36.8 Å². The second kappa shape index (κ2) is 8.86. The van der Waals surface area contributed by atoms with Crippen molar-refractivity contribution in [1.82, 2.24) is 29.9 Å². The van der Waals surface area contributed by atoms with Crippen molar-refractivity contribution in [1.29, 1.82) is 0 Å². The van der Waals surface area contributed by atoms with Crippen LogP contribution in [0.4, 0.5) is 5.69 Å². The van der Waals surface area contributed by atoms with Gasteiger partial charge in [0.15, 0.2) is 5.82 Å². The average molecular weight is 425 g/mol. The molecule has 4 rings (SSSR count). The highest BCUT2D eigenvalue weighted by Crippen LogP contribution is 2.32. The van der Waals surface area contributed by atoms with Gasteiger partial charge in [0.05, 0.1) is 44.4 Å².